The van der Waals surface area contributed by atoms with Gasteiger partial charge in [0.25, 0.3) is 0 Å². The summed E-state index contributed by atoms with van der Waals surface area (Å²) < 4.78 is 0. The van der Waals surface area contributed by atoms with E-state index in [1.165, 1.54) is 17.8 Å². The molecule has 1 saturated heterocycles. The van der Waals surface area contributed by atoms with Gasteiger partial charge in [-0.25, -0.2) is 4.98 Å². The summed E-state index contributed by atoms with van der Waals surface area (Å²) in [6, 6.07) is 1.31. The van der Waals surface area contributed by atoms with Gasteiger partial charge in [0.05, 0.1) is 6.54 Å². The average Bonchev–Trinajstić information content (AvgIpc) is 2.83. The quantitative estimate of drug-likeness (QED) is 0.889. The van der Waals surface area contributed by atoms with Gasteiger partial charge < -0.3 is 5.32 Å². The van der Waals surface area contributed by atoms with Crippen molar-refractivity contribution in [3.05, 3.63) is 16.6 Å². The third kappa shape index (κ3) is 3.77. The fraction of sp³-hybridized carbons (Fsp3) is 0.786. The number of nitrogens with zero attached hydrogens (tertiary/aromatic N) is 2. The normalized spacial score (nSPS) is 25.8. The van der Waals surface area contributed by atoms with Gasteiger partial charge in [0.1, 0.15) is 5.01 Å². The van der Waals surface area contributed by atoms with Crippen LogP contribution in [0.5, 0.6) is 0 Å². The molecular formula is C14H25N3S. The molecule has 1 fully saturated rings. The van der Waals surface area contributed by atoms with E-state index in [0.717, 1.165) is 25.6 Å². The summed E-state index contributed by atoms with van der Waals surface area (Å²) in [6.45, 7) is 10.2. The zero-order chi connectivity index (χ0) is 13.0. The lowest BCUT2D eigenvalue weighted by Crippen LogP contribution is -2.56. The lowest BCUT2D eigenvalue weighted by Gasteiger charge is -2.40. The molecule has 2 rings (SSSR count). The van der Waals surface area contributed by atoms with E-state index in [4.69, 9.17) is 0 Å². The van der Waals surface area contributed by atoms with Gasteiger partial charge in [-0.2, -0.15) is 0 Å². The fourth-order valence-corrected chi connectivity index (χ4v) is 3.32. The van der Waals surface area contributed by atoms with Gasteiger partial charge in [0.2, 0.25) is 0 Å². The van der Waals surface area contributed by atoms with Crippen molar-refractivity contribution in [2.75, 3.05) is 13.1 Å². The van der Waals surface area contributed by atoms with Crippen molar-refractivity contribution in [1.82, 2.24) is 15.2 Å². The molecule has 0 spiro atoms. The Balaban J connectivity index is 1.99. The second-order valence-corrected chi connectivity index (χ2v) is 6.63. The second kappa shape index (κ2) is 6.64. The minimum Gasteiger partial charge on any atom is -0.311 e. The van der Waals surface area contributed by atoms with E-state index >= 15 is 0 Å². The van der Waals surface area contributed by atoms with Crippen LogP contribution in [0.25, 0.3) is 0 Å². The molecule has 18 heavy (non-hydrogen) atoms. The van der Waals surface area contributed by atoms with Crippen LogP contribution < -0.4 is 5.32 Å². The van der Waals surface area contributed by atoms with Crippen LogP contribution >= 0.6 is 11.3 Å². The third-order valence-electron chi connectivity index (χ3n) is 3.67. The Morgan fingerprint density at radius 1 is 1.56 bits per heavy atom. The Morgan fingerprint density at radius 2 is 2.39 bits per heavy atom. The van der Waals surface area contributed by atoms with Crippen LogP contribution in [0.2, 0.25) is 0 Å². The summed E-state index contributed by atoms with van der Waals surface area (Å²) in [7, 11) is 0. The van der Waals surface area contributed by atoms with E-state index in [2.05, 4.69) is 41.4 Å². The van der Waals surface area contributed by atoms with E-state index in [9.17, 15) is 0 Å². The molecule has 2 unspecified atom stereocenters. The molecule has 1 N–H and O–H groups in total. The van der Waals surface area contributed by atoms with E-state index in [1.54, 1.807) is 11.3 Å². The maximum atomic E-state index is 4.43. The van der Waals surface area contributed by atoms with Gasteiger partial charge in [0, 0.05) is 36.8 Å². The number of rotatable bonds is 5. The molecule has 0 saturated carbocycles. The number of hydrogen-bond acceptors (Lipinski definition) is 4. The van der Waals surface area contributed by atoms with Crippen molar-refractivity contribution in [2.24, 2.45) is 5.92 Å². The predicted molar refractivity (Wildman–Crippen MR) is 77.8 cm³/mol. The van der Waals surface area contributed by atoms with E-state index in [1.807, 2.05) is 6.20 Å². The fourth-order valence-electron chi connectivity index (χ4n) is 2.68. The number of nitrogens with one attached hydrogen (secondary N) is 1. The summed E-state index contributed by atoms with van der Waals surface area (Å²) >= 11 is 1.77. The lowest BCUT2D eigenvalue weighted by atomic mass is 9.98. The minimum atomic E-state index is 0.647. The largest absolute Gasteiger partial charge is 0.311 e. The van der Waals surface area contributed by atoms with E-state index in [-0.39, 0.29) is 0 Å². The molecule has 0 radical (unpaired) electrons. The summed E-state index contributed by atoms with van der Waals surface area (Å²) in [5.41, 5.74) is 0. The number of piperazine rings is 1. The van der Waals surface area contributed by atoms with Gasteiger partial charge in [-0.3, -0.25) is 4.90 Å². The standard InChI is InChI=1S/C14H25N3S/c1-4-12-9-17(10-14-15-5-6-18-14)13(8-16-12)7-11(2)3/h5-6,11-13,16H,4,7-10H2,1-3H3. The zero-order valence-corrected chi connectivity index (χ0v) is 12.5. The maximum absolute atomic E-state index is 4.43. The average molecular weight is 267 g/mol. The second-order valence-electron chi connectivity index (χ2n) is 5.65. The predicted octanol–water partition coefficient (Wildman–Crippen LogP) is 2.74. The van der Waals surface area contributed by atoms with Crippen LogP contribution in [0.1, 0.15) is 38.6 Å². The molecule has 1 aromatic rings. The Hall–Kier alpha value is -0.450. The van der Waals surface area contributed by atoms with E-state index in [0.29, 0.717) is 12.1 Å². The van der Waals surface area contributed by atoms with E-state index < -0.39 is 0 Å². The van der Waals surface area contributed by atoms with Crippen molar-refractivity contribution in [1.29, 1.82) is 0 Å². The van der Waals surface area contributed by atoms with Crippen molar-refractivity contribution < 1.29 is 0 Å². The molecule has 0 bridgehead atoms. The molecule has 1 aliphatic rings. The molecule has 1 aliphatic heterocycles. The van der Waals surface area contributed by atoms with Gasteiger partial charge in [-0.15, -0.1) is 11.3 Å². The van der Waals surface area contributed by atoms with Crippen LogP contribution in [0.3, 0.4) is 0 Å². The summed E-state index contributed by atoms with van der Waals surface area (Å²) in [5.74, 6) is 0.758. The molecule has 102 valence electrons. The number of hydrogen-bond donors (Lipinski definition) is 1. The highest BCUT2D eigenvalue weighted by Crippen LogP contribution is 2.19. The molecule has 3 nitrogen and oxygen atoms in total. The highest BCUT2D eigenvalue weighted by atomic mass is 32.1. The molecule has 0 aliphatic carbocycles. The molecular weight excluding hydrogens is 242 g/mol. The molecule has 2 atom stereocenters. The summed E-state index contributed by atoms with van der Waals surface area (Å²) in [5, 5.41) is 7.00. The van der Waals surface area contributed by atoms with Crippen molar-refractivity contribution in [3.63, 3.8) is 0 Å². The molecule has 2 heterocycles. The first kappa shape index (κ1) is 14.0. The molecule has 0 aromatic carbocycles. The third-order valence-corrected chi connectivity index (χ3v) is 4.44. The molecule has 4 heteroatoms. The van der Waals surface area contributed by atoms with Crippen molar-refractivity contribution in [2.45, 2.75) is 52.2 Å². The Labute approximate surface area is 115 Å². The van der Waals surface area contributed by atoms with Crippen molar-refractivity contribution >= 4 is 11.3 Å². The van der Waals surface area contributed by atoms with Crippen LogP contribution in [0.15, 0.2) is 11.6 Å². The number of aromatic nitrogens is 1. The van der Waals surface area contributed by atoms with Crippen molar-refractivity contribution in [3.8, 4) is 0 Å². The monoisotopic (exact) mass is 267 g/mol. The highest BCUT2D eigenvalue weighted by molar-refractivity contribution is 7.09. The zero-order valence-electron chi connectivity index (χ0n) is 11.7. The van der Waals surface area contributed by atoms with Gasteiger partial charge in [-0.05, 0) is 18.8 Å². The lowest BCUT2D eigenvalue weighted by molar-refractivity contribution is 0.105. The highest BCUT2D eigenvalue weighted by Gasteiger charge is 2.27. The Kier molecular flexibility index (Phi) is 5.15. The first-order chi connectivity index (χ1) is 8.69. The smallest absolute Gasteiger partial charge is 0.107 e. The van der Waals surface area contributed by atoms with Gasteiger partial charge in [-0.1, -0.05) is 20.8 Å². The Bertz CT molecular complexity index is 337. The Morgan fingerprint density at radius 3 is 3.00 bits per heavy atom. The minimum absolute atomic E-state index is 0.647. The maximum Gasteiger partial charge on any atom is 0.107 e. The number of thiazole rings is 1. The summed E-state index contributed by atoms with van der Waals surface area (Å²) in [6.07, 6.45) is 4.40. The molecule has 0 amide bonds. The molecule has 1 aromatic heterocycles. The summed E-state index contributed by atoms with van der Waals surface area (Å²) in [4.78, 5) is 7.06. The first-order valence-electron chi connectivity index (χ1n) is 7.04. The first-order valence-corrected chi connectivity index (χ1v) is 7.92. The van der Waals surface area contributed by atoms with Crippen LogP contribution in [0, 0.1) is 5.92 Å². The topological polar surface area (TPSA) is 28.2 Å². The van der Waals surface area contributed by atoms with Crippen LogP contribution in [-0.4, -0.2) is 35.1 Å². The van der Waals surface area contributed by atoms with Gasteiger partial charge >= 0.3 is 0 Å². The van der Waals surface area contributed by atoms with Gasteiger partial charge in [0.15, 0.2) is 0 Å². The SMILES string of the molecule is CCC1CN(Cc2nccs2)C(CC(C)C)CN1. The van der Waals surface area contributed by atoms with Crippen LogP contribution in [-0.2, 0) is 6.54 Å². The van der Waals surface area contributed by atoms with Crippen LogP contribution in [0.4, 0.5) is 0 Å².